The highest BCUT2D eigenvalue weighted by atomic mass is 79.9. The maximum Gasteiger partial charge on any atom is 0.0434 e. The second-order valence-electron chi connectivity index (χ2n) is 3.58. The molecule has 0 aliphatic carbocycles. The van der Waals surface area contributed by atoms with Gasteiger partial charge >= 0.3 is 0 Å². The summed E-state index contributed by atoms with van der Waals surface area (Å²) in [6, 6.07) is 12.5. The molecular weight excluding hydrogens is 252 g/mol. The molecule has 0 atom stereocenters. The smallest absolute Gasteiger partial charge is 0.0434 e. The molecule has 0 heterocycles. The fourth-order valence-corrected chi connectivity index (χ4v) is 2.32. The van der Waals surface area contributed by atoms with Crippen molar-refractivity contribution in [2.75, 3.05) is 6.61 Å². The third-order valence-electron chi connectivity index (χ3n) is 2.56. The number of halogens is 1. The molecule has 0 radical (unpaired) electrons. The molecular formula is C13H13BrO. The standard InChI is InChI=1S/C13H13BrO/c14-13-8-2-6-11-10(5-3-9-15)4-1-7-12(11)13/h1-2,4,6-8,15H,3,5,9H2. The van der Waals surface area contributed by atoms with Crippen LogP contribution in [-0.4, -0.2) is 11.7 Å². The Labute approximate surface area is 97.9 Å². The quantitative estimate of drug-likeness (QED) is 0.900. The molecule has 1 N–H and O–H groups in total. The van der Waals surface area contributed by atoms with Crippen molar-refractivity contribution in [1.29, 1.82) is 0 Å². The summed E-state index contributed by atoms with van der Waals surface area (Å²) in [5, 5.41) is 11.4. The number of aryl methyl sites for hydroxylation is 1. The van der Waals surface area contributed by atoms with E-state index in [4.69, 9.17) is 5.11 Å². The Morgan fingerprint density at radius 1 is 1.00 bits per heavy atom. The fourth-order valence-electron chi connectivity index (χ4n) is 1.82. The van der Waals surface area contributed by atoms with Crippen LogP contribution < -0.4 is 0 Å². The van der Waals surface area contributed by atoms with E-state index in [1.165, 1.54) is 16.3 Å². The summed E-state index contributed by atoms with van der Waals surface area (Å²) in [7, 11) is 0. The molecule has 0 aromatic heterocycles. The Bertz CT molecular complexity index is 465. The summed E-state index contributed by atoms with van der Waals surface area (Å²) >= 11 is 3.55. The first kappa shape index (κ1) is 10.7. The molecule has 2 rings (SSSR count). The van der Waals surface area contributed by atoms with Gasteiger partial charge in [0.1, 0.15) is 0 Å². The molecule has 0 fully saturated rings. The molecule has 0 saturated heterocycles. The first-order chi connectivity index (χ1) is 7.33. The summed E-state index contributed by atoms with van der Waals surface area (Å²) in [6.07, 6.45) is 1.76. The lowest BCUT2D eigenvalue weighted by molar-refractivity contribution is 0.289. The minimum atomic E-state index is 0.254. The zero-order valence-corrected chi connectivity index (χ0v) is 10.00. The Morgan fingerprint density at radius 3 is 2.53 bits per heavy atom. The summed E-state index contributed by atoms with van der Waals surface area (Å²) in [5.41, 5.74) is 1.31. The number of hydrogen-bond donors (Lipinski definition) is 1. The molecule has 0 aliphatic heterocycles. The summed E-state index contributed by atoms with van der Waals surface area (Å²) in [5.74, 6) is 0. The van der Waals surface area contributed by atoms with Gasteiger partial charge in [-0.25, -0.2) is 0 Å². The van der Waals surface area contributed by atoms with Crippen molar-refractivity contribution < 1.29 is 5.11 Å². The SMILES string of the molecule is OCCCc1cccc2c(Br)cccc12. The first-order valence-corrected chi connectivity index (χ1v) is 5.89. The molecule has 15 heavy (non-hydrogen) atoms. The predicted octanol–water partition coefficient (Wildman–Crippen LogP) is 3.53. The fraction of sp³-hybridized carbons (Fsp3) is 0.231. The molecule has 0 bridgehead atoms. The largest absolute Gasteiger partial charge is 0.396 e. The van der Waals surface area contributed by atoms with Crippen LogP contribution in [0.25, 0.3) is 10.8 Å². The summed E-state index contributed by atoms with van der Waals surface area (Å²) in [4.78, 5) is 0. The van der Waals surface area contributed by atoms with Gasteiger partial charge in [0.25, 0.3) is 0 Å². The van der Waals surface area contributed by atoms with Gasteiger partial charge in [-0.1, -0.05) is 46.3 Å². The molecule has 2 aromatic rings. The lowest BCUT2D eigenvalue weighted by Crippen LogP contribution is -1.90. The van der Waals surface area contributed by atoms with E-state index in [1.807, 2.05) is 0 Å². The van der Waals surface area contributed by atoms with Crippen molar-refractivity contribution in [3.05, 3.63) is 46.4 Å². The van der Waals surface area contributed by atoms with Crippen LogP contribution in [0.1, 0.15) is 12.0 Å². The van der Waals surface area contributed by atoms with Crippen molar-refractivity contribution in [2.45, 2.75) is 12.8 Å². The van der Waals surface area contributed by atoms with E-state index >= 15 is 0 Å². The van der Waals surface area contributed by atoms with Crippen LogP contribution in [0, 0.1) is 0 Å². The van der Waals surface area contributed by atoms with Gasteiger partial charge in [0.15, 0.2) is 0 Å². The highest BCUT2D eigenvalue weighted by Crippen LogP contribution is 2.26. The Hall–Kier alpha value is -0.860. The second-order valence-corrected chi connectivity index (χ2v) is 4.43. The van der Waals surface area contributed by atoms with Gasteiger partial charge in [0.05, 0.1) is 0 Å². The lowest BCUT2D eigenvalue weighted by atomic mass is 10.0. The minimum Gasteiger partial charge on any atom is -0.396 e. The lowest BCUT2D eigenvalue weighted by Gasteiger charge is -2.06. The third-order valence-corrected chi connectivity index (χ3v) is 3.25. The van der Waals surface area contributed by atoms with E-state index in [0.29, 0.717) is 0 Å². The van der Waals surface area contributed by atoms with Gasteiger partial charge in [-0.2, -0.15) is 0 Å². The van der Waals surface area contributed by atoms with Crippen molar-refractivity contribution >= 4 is 26.7 Å². The van der Waals surface area contributed by atoms with Crippen LogP contribution in [0.5, 0.6) is 0 Å². The number of fused-ring (bicyclic) bond motifs is 1. The molecule has 0 unspecified atom stereocenters. The van der Waals surface area contributed by atoms with Crippen LogP contribution in [0.4, 0.5) is 0 Å². The molecule has 2 heteroatoms. The number of aliphatic hydroxyl groups excluding tert-OH is 1. The van der Waals surface area contributed by atoms with Crippen LogP contribution in [0.15, 0.2) is 40.9 Å². The Kier molecular flexibility index (Phi) is 3.39. The third kappa shape index (κ3) is 2.21. The highest BCUT2D eigenvalue weighted by molar-refractivity contribution is 9.10. The van der Waals surface area contributed by atoms with E-state index in [-0.39, 0.29) is 6.61 Å². The van der Waals surface area contributed by atoms with E-state index < -0.39 is 0 Å². The number of aliphatic hydroxyl groups is 1. The normalized spacial score (nSPS) is 10.8. The van der Waals surface area contributed by atoms with E-state index in [0.717, 1.165) is 17.3 Å². The molecule has 0 spiro atoms. The van der Waals surface area contributed by atoms with E-state index in [2.05, 4.69) is 52.3 Å². The average Bonchev–Trinajstić information content (AvgIpc) is 2.27. The first-order valence-electron chi connectivity index (χ1n) is 5.10. The van der Waals surface area contributed by atoms with Crippen LogP contribution in [0.3, 0.4) is 0 Å². The Morgan fingerprint density at radius 2 is 1.73 bits per heavy atom. The van der Waals surface area contributed by atoms with Crippen molar-refractivity contribution in [1.82, 2.24) is 0 Å². The molecule has 78 valence electrons. The van der Waals surface area contributed by atoms with Crippen LogP contribution in [0.2, 0.25) is 0 Å². The molecule has 0 aliphatic rings. The monoisotopic (exact) mass is 264 g/mol. The molecule has 2 aromatic carbocycles. The van der Waals surface area contributed by atoms with Gasteiger partial charge in [0, 0.05) is 11.1 Å². The average molecular weight is 265 g/mol. The zero-order valence-electron chi connectivity index (χ0n) is 8.41. The maximum absolute atomic E-state index is 8.84. The zero-order chi connectivity index (χ0) is 10.7. The highest BCUT2D eigenvalue weighted by Gasteiger charge is 2.02. The van der Waals surface area contributed by atoms with Gasteiger partial charge in [-0.15, -0.1) is 0 Å². The summed E-state index contributed by atoms with van der Waals surface area (Å²) in [6.45, 7) is 0.254. The van der Waals surface area contributed by atoms with Gasteiger partial charge in [-0.3, -0.25) is 0 Å². The van der Waals surface area contributed by atoms with Crippen LogP contribution in [-0.2, 0) is 6.42 Å². The number of benzene rings is 2. The van der Waals surface area contributed by atoms with Crippen LogP contribution >= 0.6 is 15.9 Å². The summed E-state index contributed by atoms with van der Waals surface area (Å²) < 4.78 is 1.13. The molecule has 0 amide bonds. The Balaban J connectivity index is 2.51. The maximum atomic E-state index is 8.84. The van der Waals surface area contributed by atoms with Crippen molar-refractivity contribution in [3.8, 4) is 0 Å². The topological polar surface area (TPSA) is 20.2 Å². The number of hydrogen-bond acceptors (Lipinski definition) is 1. The van der Waals surface area contributed by atoms with Crippen molar-refractivity contribution in [3.63, 3.8) is 0 Å². The van der Waals surface area contributed by atoms with Crippen molar-refractivity contribution in [2.24, 2.45) is 0 Å². The minimum absolute atomic E-state index is 0.254. The van der Waals surface area contributed by atoms with Gasteiger partial charge in [-0.05, 0) is 35.2 Å². The predicted molar refractivity (Wildman–Crippen MR) is 67.1 cm³/mol. The van der Waals surface area contributed by atoms with E-state index in [1.54, 1.807) is 0 Å². The molecule has 0 saturated carbocycles. The molecule has 1 nitrogen and oxygen atoms in total. The van der Waals surface area contributed by atoms with Gasteiger partial charge < -0.3 is 5.11 Å². The van der Waals surface area contributed by atoms with Gasteiger partial charge in [0.2, 0.25) is 0 Å². The number of rotatable bonds is 3. The second kappa shape index (κ2) is 4.77. The van der Waals surface area contributed by atoms with E-state index in [9.17, 15) is 0 Å².